The van der Waals surface area contributed by atoms with Crippen LogP contribution >= 0.6 is 11.6 Å². The number of alkyl halides is 3. The molecule has 186 valence electrons. The van der Waals surface area contributed by atoms with Crippen LogP contribution in [0.3, 0.4) is 0 Å². The van der Waals surface area contributed by atoms with Crippen molar-refractivity contribution in [1.29, 1.82) is 0 Å². The first-order valence-electron chi connectivity index (χ1n) is 10.4. The van der Waals surface area contributed by atoms with E-state index in [9.17, 15) is 22.8 Å². The van der Waals surface area contributed by atoms with Crippen LogP contribution in [0.5, 0.6) is 11.5 Å². The predicted molar refractivity (Wildman–Crippen MR) is 124 cm³/mol. The maximum atomic E-state index is 12.6. The van der Waals surface area contributed by atoms with Crippen molar-refractivity contribution >= 4 is 34.8 Å². The third kappa shape index (κ3) is 6.93. The van der Waals surface area contributed by atoms with Crippen molar-refractivity contribution in [3.05, 3.63) is 47.0 Å². The number of carbonyl (C=O) groups is 2. The van der Waals surface area contributed by atoms with E-state index in [4.69, 9.17) is 21.1 Å². The Labute approximate surface area is 200 Å². The van der Waals surface area contributed by atoms with Crippen LogP contribution in [0.15, 0.2) is 36.4 Å². The Morgan fingerprint density at radius 1 is 1.09 bits per heavy atom. The van der Waals surface area contributed by atoms with E-state index >= 15 is 0 Å². The zero-order valence-electron chi connectivity index (χ0n) is 19.4. The maximum Gasteiger partial charge on any atom is 0.472 e. The normalized spacial score (nSPS) is 12.5. The lowest BCUT2D eigenvalue weighted by molar-refractivity contribution is -0.173. The molecule has 0 saturated heterocycles. The van der Waals surface area contributed by atoms with Gasteiger partial charge in [-0.1, -0.05) is 38.4 Å². The van der Waals surface area contributed by atoms with Crippen LogP contribution in [0.2, 0.25) is 5.02 Å². The standard InChI is InChI=1S/C23H27ClF3N3O4/c1-6-22(3,4)14-7-10-18(16(24)11-14)34-13(2)20(31)28-15-8-9-17(19(12-15)33-5)29-30-21(32)23(25,26)27/h7-13,29H,6H2,1-5H3,(H,28,31)(H,30,32). The van der Waals surface area contributed by atoms with Gasteiger partial charge in [0.2, 0.25) is 0 Å². The van der Waals surface area contributed by atoms with Gasteiger partial charge in [0.15, 0.2) is 6.10 Å². The molecule has 7 nitrogen and oxygen atoms in total. The number of nitrogens with one attached hydrogen (secondary N) is 3. The Morgan fingerprint density at radius 3 is 2.32 bits per heavy atom. The van der Waals surface area contributed by atoms with E-state index in [2.05, 4.69) is 31.5 Å². The summed E-state index contributed by atoms with van der Waals surface area (Å²) in [4.78, 5) is 23.6. The number of benzene rings is 2. The number of anilines is 2. The molecule has 1 unspecified atom stereocenters. The number of amides is 2. The topological polar surface area (TPSA) is 88.7 Å². The molecule has 2 aromatic rings. The Kier molecular flexibility index (Phi) is 8.66. The maximum absolute atomic E-state index is 12.6. The SMILES string of the molecule is CCC(C)(C)c1ccc(OC(C)C(=O)Nc2ccc(NNC(=O)C(F)(F)F)c(OC)c2)c(Cl)c1. The second-order valence-corrected chi connectivity index (χ2v) is 8.53. The number of hydrogen-bond acceptors (Lipinski definition) is 5. The lowest BCUT2D eigenvalue weighted by atomic mass is 9.82. The number of ether oxygens (including phenoxy) is 2. The fourth-order valence-electron chi connectivity index (χ4n) is 2.78. The van der Waals surface area contributed by atoms with E-state index in [-0.39, 0.29) is 16.9 Å². The highest BCUT2D eigenvalue weighted by Gasteiger charge is 2.38. The van der Waals surface area contributed by atoms with Gasteiger partial charge in [-0.2, -0.15) is 13.2 Å². The van der Waals surface area contributed by atoms with Crippen molar-refractivity contribution in [2.24, 2.45) is 0 Å². The Hall–Kier alpha value is -3.14. The molecule has 2 rings (SSSR count). The summed E-state index contributed by atoms with van der Waals surface area (Å²) in [6.07, 6.45) is -5.02. The van der Waals surface area contributed by atoms with Crippen molar-refractivity contribution in [2.75, 3.05) is 17.9 Å². The van der Waals surface area contributed by atoms with Gasteiger partial charge in [-0.15, -0.1) is 0 Å². The summed E-state index contributed by atoms with van der Waals surface area (Å²) < 4.78 is 47.8. The summed E-state index contributed by atoms with van der Waals surface area (Å²) in [5.41, 5.74) is 5.02. The molecule has 0 spiro atoms. The first-order chi connectivity index (χ1) is 15.8. The van der Waals surface area contributed by atoms with E-state index < -0.39 is 24.1 Å². The van der Waals surface area contributed by atoms with Crippen molar-refractivity contribution < 1.29 is 32.2 Å². The van der Waals surface area contributed by atoms with Gasteiger partial charge in [0.1, 0.15) is 11.5 Å². The summed E-state index contributed by atoms with van der Waals surface area (Å²) in [7, 11) is 1.29. The molecule has 0 aliphatic rings. The quantitative estimate of drug-likeness (QED) is 0.398. The molecule has 2 amide bonds. The highest BCUT2D eigenvalue weighted by Crippen LogP contribution is 2.34. The van der Waals surface area contributed by atoms with Crippen LogP contribution in [0.1, 0.15) is 39.7 Å². The molecule has 0 aliphatic carbocycles. The fourth-order valence-corrected chi connectivity index (χ4v) is 3.00. The number of hydrazine groups is 1. The van der Waals surface area contributed by atoms with E-state index in [1.807, 2.05) is 12.1 Å². The summed E-state index contributed by atoms with van der Waals surface area (Å²) in [6.45, 7) is 7.85. The Bertz CT molecular complexity index is 1040. The van der Waals surface area contributed by atoms with Crippen molar-refractivity contribution in [3.8, 4) is 11.5 Å². The van der Waals surface area contributed by atoms with Gasteiger partial charge >= 0.3 is 12.1 Å². The van der Waals surface area contributed by atoms with Crippen LogP contribution in [-0.4, -0.2) is 31.2 Å². The first kappa shape index (κ1) is 27.1. The summed E-state index contributed by atoms with van der Waals surface area (Å²) in [5.74, 6) is -2.20. The van der Waals surface area contributed by atoms with E-state index in [1.165, 1.54) is 30.7 Å². The number of hydrogen-bond donors (Lipinski definition) is 3. The number of rotatable bonds is 9. The lowest BCUT2D eigenvalue weighted by Gasteiger charge is -2.24. The minimum absolute atomic E-state index is 0.0548. The molecule has 0 aromatic heterocycles. The highest BCUT2D eigenvalue weighted by molar-refractivity contribution is 6.32. The highest BCUT2D eigenvalue weighted by atomic mass is 35.5. The molecule has 0 saturated carbocycles. The number of halogens is 4. The lowest BCUT2D eigenvalue weighted by Crippen LogP contribution is -2.40. The smallest absolute Gasteiger partial charge is 0.472 e. The zero-order valence-corrected chi connectivity index (χ0v) is 20.1. The van der Waals surface area contributed by atoms with Crippen molar-refractivity contribution in [3.63, 3.8) is 0 Å². The second kappa shape index (κ2) is 10.9. The molecule has 1 atom stereocenters. The Morgan fingerprint density at radius 2 is 1.76 bits per heavy atom. The van der Waals surface area contributed by atoms with Gasteiger partial charge in [-0.3, -0.25) is 20.4 Å². The van der Waals surface area contributed by atoms with E-state index in [0.717, 1.165) is 12.0 Å². The first-order valence-corrected chi connectivity index (χ1v) is 10.7. The van der Waals surface area contributed by atoms with Crippen LogP contribution < -0.4 is 25.6 Å². The van der Waals surface area contributed by atoms with Crippen molar-refractivity contribution in [1.82, 2.24) is 5.43 Å². The average Bonchev–Trinajstić information content (AvgIpc) is 2.78. The third-order valence-electron chi connectivity index (χ3n) is 5.31. The molecule has 0 radical (unpaired) electrons. The molecule has 0 bridgehead atoms. The van der Waals surface area contributed by atoms with Gasteiger partial charge in [0, 0.05) is 11.8 Å². The molecule has 0 aliphatic heterocycles. The van der Waals surface area contributed by atoms with Crippen molar-refractivity contribution in [2.45, 2.75) is 51.8 Å². The molecule has 34 heavy (non-hydrogen) atoms. The summed E-state index contributed by atoms with van der Waals surface area (Å²) >= 11 is 6.36. The second-order valence-electron chi connectivity index (χ2n) is 8.12. The van der Waals surface area contributed by atoms with Crippen LogP contribution in [-0.2, 0) is 15.0 Å². The number of carbonyl (C=O) groups excluding carboxylic acids is 2. The minimum atomic E-state index is -5.04. The summed E-state index contributed by atoms with van der Waals surface area (Å²) in [5, 5.41) is 3.02. The zero-order chi connectivity index (χ0) is 25.7. The van der Waals surface area contributed by atoms with Crippen LogP contribution in [0.25, 0.3) is 0 Å². The molecular weight excluding hydrogens is 475 g/mol. The fraction of sp³-hybridized carbons (Fsp3) is 0.391. The Balaban J connectivity index is 2.05. The van der Waals surface area contributed by atoms with E-state index in [0.29, 0.717) is 16.5 Å². The van der Waals surface area contributed by atoms with Gasteiger partial charge in [0.05, 0.1) is 17.8 Å². The average molecular weight is 502 g/mol. The minimum Gasteiger partial charge on any atom is -0.494 e. The largest absolute Gasteiger partial charge is 0.494 e. The summed E-state index contributed by atoms with van der Waals surface area (Å²) in [6, 6.07) is 9.58. The third-order valence-corrected chi connectivity index (χ3v) is 5.60. The van der Waals surface area contributed by atoms with Gasteiger partial charge in [0.25, 0.3) is 5.91 Å². The molecular formula is C23H27ClF3N3O4. The molecule has 3 N–H and O–H groups in total. The monoisotopic (exact) mass is 501 g/mol. The molecule has 0 heterocycles. The molecule has 0 fully saturated rings. The molecule has 11 heteroatoms. The molecule has 2 aromatic carbocycles. The van der Waals surface area contributed by atoms with Gasteiger partial charge in [-0.25, -0.2) is 0 Å². The predicted octanol–water partition coefficient (Wildman–Crippen LogP) is 5.45. The van der Waals surface area contributed by atoms with Crippen LogP contribution in [0, 0.1) is 0 Å². The van der Waals surface area contributed by atoms with Gasteiger partial charge < -0.3 is 14.8 Å². The number of methoxy groups -OCH3 is 1. The van der Waals surface area contributed by atoms with Crippen LogP contribution in [0.4, 0.5) is 24.5 Å². The van der Waals surface area contributed by atoms with Gasteiger partial charge in [-0.05, 0) is 48.6 Å². The van der Waals surface area contributed by atoms with E-state index in [1.54, 1.807) is 13.0 Å².